The van der Waals surface area contributed by atoms with Crippen LogP contribution in [0.25, 0.3) is 0 Å². The zero-order valence-electron chi connectivity index (χ0n) is 14.2. The van der Waals surface area contributed by atoms with Crippen LogP contribution < -0.4 is 0 Å². The number of carbonyl (C=O) groups excluding carboxylic acids is 2. The van der Waals surface area contributed by atoms with Crippen molar-refractivity contribution in [2.24, 2.45) is 5.16 Å². The van der Waals surface area contributed by atoms with E-state index in [1.54, 1.807) is 60.7 Å². The molecule has 0 aliphatic carbocycles. The van der Waals surface area contributed by atoms with Gasteiger partial charge in [0.2, 0.25) is 0 Å². The molecule has 0 radical (unpaired) electrons. The van der Waals surface area contributed by atoms with Gasteiger partial charge in [-0.1, -0.05) is 41.6 Å². The highest BCUT2D eigenvalue weighted by Gasteiger charge is 2.32. The van der Waals surface area contributed by atoms with Gasteiger partial charge in [-0.25, -0.2) is 9.59 Å². The summed E-state index contributed by atoms with van der Waals surface area (Å²) in [6.45, 7) is -0.0524. The third-order valence-corrected chi connectivity index (χ3v) is 3.81. The van der Waals surface area contributed by atoms with Crippen molar-refractivity contribution in [3.8, 4) is 0 Å². The quantitative estimate of drug-likeness (QED) is 0.378. The van der Waals surface area contributed by atoms with Crippen molar-refractivity contribution in [1.82, 2.24) is 0 Å². The van der Waals surface area contributed by atoms with Crippen LogP contribution in [0.1, 0.15) is 20.7 Å². The number of allylic oxidation sites excluding steroid dienone is 1. The van der Waals surface area contributed by atoms with Crippen molar-refractivity contribution >= 4 is 18.2 Å². The van der Waals surface area contributed by atoms with Crippen LogP contribution in [-0.2, 0) is 14.2 Å². The topological polar surface area (TPSA) is 94.4 Å². The largest absolute Gasteiger partial charge is 0.488 e. The minimum Gasteiger partial charge on any atom is -0.488 e. The third kappa shape index (κ3) is 4.72. The fourth-order valence-electron chi connectivity index (χ4n) is 2.48. The van der Waals surface area contributed by atoms with Crippen LogP contribution in [-0.4, -0.2) is 42.2 Å². The van der Waals surface area contributed by atoms with E-state index in [1.165, 1.54) is 6.08 Å². The molecule has 2 aromatic carbocycles. The molecule has 0 aromatic heterocycles. The average molecular weight is 367 g/mol. The first-order valence-corrected chi connectivity index (χ1v) is 8.21. The van der Waals surface area contributed by atoms with E-state index in [0.29, 0.717) is 11.1 Å². The highest BCUT2D eigenvalue weighted by atomic mass is 16.6. The van der Waals surface area contributed by atoms with Crippen molar-refractivity contribution in [1.29, 1.82) is 0 Å². The van der Waals surface area contributed by atoms with Crippen molar-refractivity contribution in [3.05, 3.63) is 83.6 Å². The number of oxime groups is 1. The Balaban J connectivity index is 1.77. The number of nitrogens with zero attached hydrogens (tertiary/aromatic N) is 1. The maximum absolute atomic E-state index is 12.4. The molecule has 2 atom stereocenters. The summed E-state index contributed by atoms with van der Waals surface area (Å²) in [5.74, 6) is -0.923. The summed E-state index contributed by atoms with van der Waals surface area (Å²) in [4.78, 5) is 24.7. The number of hydrogen-bond acceptors (Lipinski definition) is 7. The minimum atomic E-state index is -0.896. The summed E-state index contributed by atoms with van der Waals surface area (Å²) in [6.07, 6.45) is 0.749. The maximum Gasteiger partial charge on any atom is 0.338 e. The fraction of sp³-hybridized carbons (Fsp3) is 0.150. The minimum absolute atomic E-state index is 0.0524. The van der Waals surface area contributed by atoms with Gasteiger partial charge in [-0.2, -0.15) is 0 Å². The number of benzene rings is 2. The number of rotatable bonds is 5. The Labute approximate surface area is 155 Å². The molecule has 1 N–H and O–H groups in total. The second-order valence-electron chi connectivity index (χ2n) is 5.67. The first-order chi connectivity index (χ1) is 13.2. The van der Waals surface area contributed by atoms with Gasteiger partial charge in [0, 0.05) is 6.08 Å². The van der Waals surface area contributed by atoms with Gasteiger partial charge < -0.3 is 19.4 Å². The molecule has 7 heteroatoms. The first-order valence-electron chi connectivity index (χ1n) is 8.21. The van der Waals surface area contributed by atoms with Gasteiger partial charge in [-0.3, -0.25) is 0 Å². The molecule has 1 aliphatic heterocycles. The van der Waals surface area contributed by atoms with E-state index >= 15 is 0 Å². The lowest BCUT2D eigenvalue weighted by Gasteiger charge is -2.29. The lowest BCUT2D eigenvalue weighted by atomic mass is 10.1. The Kier molecular flexibility index (Phi) is 5.84. The van der Waals surface area contributed by atoms with Crippen molar-refractivity contribution in [3.63, 3.8) is 0 Å². The molecule has 1 aliphatic rings. The van der Waals surface area contributed by atoms with Gasteiger partial charge >= 0.3 is 11.9 Å². The van der Waals surface area contributed by atoms with Gasteiger partial charge in [-0.05, 0) is 24.3 Å². The second-order valence-corrected chi connectivity index (χ2v) is 5.67. The van der Waals surface area contributed by atoms with Gasteiger partial charge in [-0.15, -0.1) is 0 Å². The van der Waals surface area contributed by atoms with E-state index in [0.717, 1.165) is 6.21 Å². The van der Waals surface area contributed by atoms with Gasteiger partial charge in [0.15, 0.2) is 12.2 Å². The lowest BCUT2D eigenvalue weighted by molar-refractivity contribution is -0.0515. The van der Waals surface area contributed by atoms with E-state index in [1.807, 2.05) is 0 Å². The van der Waals surface area contributed by atoms with Crippen LogP contribution >= 0.6 is 0 Å². The molecular weight excluding hydrogens is 350 g/mol. The van der Waals surface area contributed by atoms with Crippen LogP contribution in [0.3, 0.4) is 0 Å². The Morgan fingerprint density at radius 2 is 1.52 bits per heavy atom. The highest BCUT2D eigenvalue weighted by Crippen LogP contribution is 2.19. The second kappa shape index (κ2) is 8.66. The van der Waals surface area contributed by atoms with E-state index in [2.05, 4.69) is 5.16 Å². The predicted molar refractivity (Wildman–Crippen MR) is 95.6 cm³/mol. The van der Waals surface area contributed by atoms with E-state index < -0.39 is 24.1 Å². The average Bonchev–Trinajstić information content (AvgIpc) is 2.71. The Hall–Kier alpha value is -3.61. The molecule has 3 rings (SSSR count). The van der Waals surface area contributed by atoms with Gasteiger partial charge in [0.05, 0.1) is 11.1 Å². The van der Waals surface area contributed by atoms with Crippen molar-refractivity contribution in [2.45, 2.75) is 12.2 Å². The smallest absolute Gasteiger partial charge is 0.338 e. The normalized spacial score (nSPS) is 19.0. The predicted octanol–water partition coefficient (Wildman–Crippen LogP) is 2.81. The van der Waals surface area contributed by atoms with Crippen LogP contribution in [0, 0.1) is 0 Å². The summed E-state index contributed by atoms with van der Waals surface area (Å²) in [5, 5.41) is 11.6. The molecule has 1 heterocycles. The summed E-state index contributed by atoms with van der Waals surface area (Å²) in [7, 11) is 0. The molecule has 0 unspecified atom stereocenters. The number of carbonyl (C=O) groups is 2. The summed E-state index contributed by atoms with van der Waals surface area (Å²) in [5.41, 5.74) is 0.736. The number of ether oxygens (including phenoxy) is 3. The van der Waals surface area contributed by atoms with E-state index in [9.17, 15) is 9.59 Å². The summed E-state index contributed by atoms with van der Waals surface area (Å²) < 4.78 is 16.3. The van der Waals surface area contributed by atoms with Crippen LogP contribution in [0.15, 0.2) is 77.7 Å². The van der Waals surface area contributed by atoms with Gasteiger partial charge in [0.1, 0.15) is 18.6 Å². The Bertz CT molecular complexity index is 847. The highest BCUT2D eigenvalue weighted by molar-refractivity contribution is 5.90. The molecule has 0 spiro atoms. The Morgan fingerprint density at radius 3 is 2.07 bits per heavy atom. The Morgan fingerprint density at radius 1 is 0.963 bits per heavy atom. The summed E-state index contributed by atoms with van der Waals surface area (Å²) >= 11 is 0. The molecule has 2 aromatic rings. The van der Waals surface area contributed by atoms with Crippen molar-refractivity contribution < 1.29 is 29.0 Å². The number of hydrogen-bond donors (Lipinski definition) is 1. The maximum atomic E-state index is 12.4. The van der Waals surface area contributed by atoms with Crippen molar-refractivity contribution in [2.75, 3.05) is 6.61 Å². The standard InChI is InChI=1S/C20H17NO6/c22-19(14-7-3-1-4-8-14)26-17-11-16(12-21-24)25-13-18(17)27-20(23)15-9-5-2-6-10-15/h1-12,17-18,24H,13H2/b21-12+/t17-,18-/m0/s1. The third-order valence-electron chi connectivity index (χ3n) is 3.81. The first kappa shape index (κ1) is 18.2. The zero-order valence-corrected chi connectivity index (χ0v) is 14.2. The van der Waals surface area contributed by atoms with Crippen LogP contribution in [0.4, 0.5) is 0 Å². The molecule has 0 amide bonds. The fourth-order valence-corrected chi connectivity index (χ4v) is 2.48. The molecule has 7 nitrogen and oxygen atoms in total. The zero-order chi connectivity index (χ0) is 19.1. The molecule has 0 fully saturated rings. The van der Waals surface area contributed by atoms with E-state index in [-0.39, 0.29) is 12.4 Å². The molecule has 0 saturated carbocycles. The SMILES string of the molecule is O=C(O[C@H]1C=C(/C=N/O)OC[C@@H]1OC(=O)c1ccccc1)c1ccccc1. The van der Waals surface area contributed by atoms with Crippen LogP contribution in [0.5, 0.6) is 0 Å². The monoisotopic (exact) mass is 367 g/mol. The molecule has 0 saturated heterocycles. The lowest BCUT2D eigenvalue weighted by Crippen LogP contribution is -2.40. The molecule has 0 bridgehead atoms. The summed E-state index contributed by atoms with van der Waals surface area (Å²) in [6, 6.07) is 16.9. The molecule has 138 valence electrons. The number of esters is 2. The molecule has 27 heavy (non-hydrogen) atoms. The molecular formula is C20H17NO6. The van der Waals surface area contributed by atoms with Gasteiger partial charge in [0.25, 0.3) is 0 Å². The van der Waals surface area contributed by atoms with Crippen LogP contribution in [0.2, 0.25) is 0 Å². The van der Waals surface area contributed by atoms with E-state index in [4.69, 9.17) is 19.4 Å².